The number of rotatable bonds is 4. The van der Waals surface area contributed by atoms with Crippen molar-refractivity contribution in [3.63, 3.8) is 0 Å². The van der Waals surface area contributed by atoms with Gasteiger partial charge in [-0.3, -0.25) is 4.40 Å². The van der Waals surface area contributed by atoms with Crippen LogP contribution in [-0.2, 0) is 0 Å². The van der Waals surface area contributed by atoms with Crippen LogP contribution in [0, 0.1) is 0 Å². The molecule has 0 saturated heterocycles. The molecule has 9 rings (SSSR count). The van der Waals surface area contributed by atoms with Gasteiger partial charge in [-0.15, -0.1) is 0 Å². The topological polar surface area (TPSA) is 17.3 Å². The lowest BCUT2D eigenvalue weighted by molar-refractivity contribution is 1.19. The SMILES string of the molecule is c1ccc(-c2c(-c3ccc(-c4c5ccccc5c(-c5cccc6ccccc56)c5ccccc45)cc3)nc3ccccn23)cc1. The van der Waals surface area contributed by atoms with Crippen molar-refractivity contribution in [3.8, 4) is 44.8 Å². The minimum atomic E-state index is 0.941. The summed E-state index contributed by atoms with van der Waals surface area (Å²) in [5.41, 5.74) is 10.3. The summed E-state index contributed by atoms with van der Waals surface area (Å²) in [6.07, 6.45) is 2.10. The highest BCUT2D eigenvalue weighted by atomic mass is 15.0. The zero-order chi connectivity index (χ0) is 29.7. The Bertz CT molecular complexity index is 2460. The van der Waals surface area contributed by atoms with Crippen LogP contribution in [0.25, 0.3) is 82.7 Å². The Balaban J connectivity index is 1.27. The molecule has 210 valence electrons. The van der Waals surface area contributed by atoms with Crippen LogP contribution in [0.4, 0.5) is 0 Å². The zero-order valence-electron chi connectivity index (χ0n) is 24.6. The predicted molar refractivity (Wildman–Crippen MR) is 189 cm³/mol. The quantitative estimate of drug-likeness (QED) is 0.192. The Hall–Kier alpha value is -5.99. The molecule has 0 unspecified atom stereocenters. The Morgan fingerprint density at radius 3 is 1.64 bits per heavy atom. The Morgan fingerprint density at radius 1 is 0.378 bits per heavy atom. The van der Waals surface area contributed by atoms with E-state index < -0.39 is 0 Å². The van der Waals surface area contributed by atoms with Crippen molar-refractivity contribution in [2.24, 2.45) is 0 Å². The molecule has 45 heavy (non-hydrogen) atoms. The third-order valence-electron chi connectivity index (χ3n) is 9.01. The van der Waals surface area contributed by atoms with E-state index in [9.17, 15) is 0 Å². The smallest absolute Gasteiger partial charge is 0.137 e. The largest absolute Gasteiger partial charge is 0.299 e. The van der Waals surface area contributed by atoms with Crippen molar-refractivity contribution in [1.82, 2.24) is 9.38 Å². The fourth-order valence-electron chi connectivity index (χ4n) is 7.04. The van der Waals surface area contributed by atoms with Gasteiger partial charge in [-0.25, -0.2) is 4.98 Å². The summed E-state index contributed by atoms with van der Waals surface area (Å²) < 4.78 is 2.19. The molecule has 2 heterocycles. The average molecular weight is 573 g/mol. The van der Waals surface area contributed by atoms with Gasteiger partial charge in [0.05, 0.1) is 11.4 Å². The molecule has 0 saturated carbocycles. The van der Waals surface area contributed by atoms with Crippen LogP contribution < -0.4 is 0 Å². The third-order valence-corrected chi connectivity index (χ3v) is 9.01. The number of imidazole rings is 1. The van der Waals surface area contributed by atoms with E-state index in [1.54, 1.807) is 0 Å². The summed E-state index contributed by atoms with van der Waals surface area (Å²) in [7, 11) is 0. The summed E-state index contributed by atoms with van der Waals surface area (Å²) in [6, 6.07) is 58.8. The van der Waals surface area contributed by atoms with Crippen molar-refractivity contribution in [1.29, 1.82) is 0 Å². The Labute approximate surface area is 261 Å². The van der Waals surface area contributed by atoms with Crippen LogP contribution in [0.15, 0.2) is 170 Å². The number of hydrogen-bond donors (Lipinski definition) is 0. The van der Waals surface area contributed by atoms with Gasteiger partial charge in [-0.05, 0) is 66.7 Å². The molecule has 7 aromatic carbocycles. The molecule has 0 bridgehead atoms. The minimum Gasteiger partial charge on any atom is -0.299 e. The zero-order valence-corrected chi connectivity index (χ0v) is 24.6. The molecule has 0 aliphatic rings. The molecular weight excluding hydrogens is 544 g/mol. The fraction of sp³-hybridized carbons (Fsp3) is 0. The number of hydrogen-bond acceptors (Lipinski definition) is 1. The second kappa shape index (κ2) is 10.3. The standard InChI is InChI=1S/C43H28N2/c1-2-14-32(15-3-1)43-42(44-39-23-10-11-28-45(39)43)31-26-24-30(25-27-31)40-35-18-6-8-20-37(35)41(38-21-9-7-19-36(38)40)34-22-12-16-29-13-4-5-17-33(29)34/h1-28H. The van der Waals surface area contributed by atoms with E-state index in [2.05, 4.69) is 168 Å². The number of nitrogens with zero attached hydrogens (tertiary/aromatic N) is 2. The summed E-state index contributed by atoms with van der Waals surface area (Å²) in [5, 5.41) is 7.56. The fourth-order valence-corrected chi connectivity index (χ4v) is 7.04. The molecule has 2 heteroatoms. The summed E-state index contributed by atoms with van der Waals surface area (Å²) in [5.74, 6) is 0. The van der Waals surface area contributed by atoms with E-state index in [0.29, 0.717) is 0 Å². The van der Waals surface area contributed by atoms with Gasteiger partial charge in [0, 0.05) is 17.3 Å². The number of benzene rings is 7. The minimum absolute atomic E-state index is 0.941. The van der Waals surface area contributed by atoms with Crippen LogP contribution >= 0.6 is 0 Å². The molecule has 0 radical (unpaired) electrons. The molecule has 0 N–H and O–H groups in total. The highest BCUT2D eigenvalue weighted by Gasteiger charge is 2.19. The predicted octanol–water partition coefficient (Wildman–Crippen LogP) is 11.5. The van der Waals surface area contributed by atoms with Crippen molar-refractivity contribution in [2.45, 2.75) is 0 Å². The van der Waals surface area contributed by atoms with E-state index >= 15 is 0 Å². The van der Waals surface area contributed by atoms with Gasteiger partial charge >= 0.3 is 0 Å². The maximum Gasteiger partial charge on any atom is 0.137 e. The second-order valence-corrected chi connectivity index (χ2v) is 11.5. The molecular formula is C43H28N2. The van der Waals surface area contributed by atoms with Crippen LogP contribution in [0.3, 0.4) is 0 Å². The van der Waals surface area contributed by atoms with E-state index in [-0.39, 0.29) is 0 Å². The first-order chi connectivity index (χ1) is 22.3. The van der Waals surface area contributed by atoms with Crippen LogP contribution in [0.1, 0.15) is 0 Å². The lowest BCUT2D eigenvalue weighted by Gasteiger charge is -2.19. The summed E-state index contributed by atoms with van der Waals surface area (Å²) >= 11 is 0. The lowest BCUT2D eigenvalue weighted by Crippen LogP contribution is -1.92. The van der Waals surface area contributed by atoms with Gasteiger partial charge < -0.3 is 0 Å². The average Bonchev–Trinajstić information content (AvgIpc) is 3.51. The first kappa shape index (κ1) is 25.5. The number of pyridine rings is 1. The first-order valence-corrected chi connectivity index (χ1v) is 15.4. The van der Waals surface area contributed by atoms with Gasteiger partial charge in [-0.1, -0.05) is 152 Å². The van der Waals surface area contributed by atoms with Crippen LogP contribution in [0.5, 0.6) is 0 Å². The number of fused-ring (bicyclic) bond motifs is 4. The Kier molecular flexibility index (Phi) is 5.85. The van der Waals surface area contributed by atoms with Gasteiger partial charge in [-0.2, -0.15) is 0 Å². The van der Waals surface area contributed by atoms with Crippen molar-refractivity contribution < 1.29 is 0 Å². The summed E-state index contributed by atoms with van der Waals surface area (Å²) in [6.45, 7) is 0. The first-order valence-electron chi connectivity index (χ1n) is 15.4. The monoisotopic (exact) mass is 572 g/mol. The molecule has 9 aromatic rings. The lowest BCUT2D eigenvalue weighted by atomic mass is 9.84. The van der Waals surface area contributed by atoms with E-state index in [1.807, 2.05) is 6.07 Å². The van der Waals surface area contributed by atoms with Gasteiger partial charge in [0.1, 0.15) is 5.65 Å². The molecule has 0 aliphatic carbocycles. The molecule has 0 spiro atoms. The molecule has 0 aliphatic heterocycles. The van der Waals surface area contributed by atoms with Gasteiger partial charge in [0.15, 0.2) is 0 Å². The molecule has 0 atom stereocenters. The molecule has 0 fully saturated rings. The third kappa shape index (κ3) is 4.07. The molecule has 0 amide bonds. The highest BCUT2D eigenvalue weighted by molar-refractivity contribution is 6.23. The van der Waals surface area contributed by atoms with E-state index in [4.69, 9.17) is 4.98 Å². The van der Waals surface area contributed by atoms with Gasteiger partial charge in [0.25, 0.3) is 0 Å². The number of aromatic nitrogens is 2. The van der Waals surface area contributed by atoms with Crippen molar-refractivity contribution >= 4 is 38.0 Å². The van der Waals surface area contributed by atoms with Crippen LogP contribution in [-0.4, -0.2) is 9.38 Å². The maximum atomic E-state index is 5.09. The van der Waals surface area contributed by atoms with Crippen molar-refractivity contribution in [3.05, 3.63) is 170 Å². The maximum absolute atomic E-state index is 5.09. The van der Waals surface area contributed by atoms with E-state index in [0.717, 1.165) is 28.2 Å². The molecule has 2 aromatic heterocycles. The molecule has 2 nitrogen and oxygen atoms in total. The van der Waals surface area contributed by atoms with Gasteiger partial charge in [0.2, 0.25) is 0 Å². The highest BCUT2D eigenvalue weighted by Crippen LogP contribution is 2.45. The second-order valence-electron chi connectivity index (χ2n) is 11.5. The Morgan fingerprint density at radius 2 is 0.933 bits per heavy atom. The normalized spacial score (nSPS) is 11.6. The summed E-state index contributed by atoms with van der Waals surface area (Å²) in [4.78, 5) is 5.09. The van der Waals surface area contributed by atoms with Crippen molar-refractivity contribution in [2.75, 3.05) is 0 Å². The van der Waals surface area contributed by atoms with E-state index in [1.165, 1.54) is 54.6 Å². The van der Waals surface area contributed by atoms with Crippen LogP contribution in [0.2, 0.25) is 0 Å².